The lowest BCUT2D eigenvalue weighted by atomic mass is 9.72. The summed E-state index contributed by atoms with van der Waals surface area (Å²) in [5.74, 6) is 2.16. The van der Waals surface area contributed by atoms with Crippen LogP contribution in [0.1, 0.15) is 64.2 Å². The third-order valence-corrected chi connectivity index (χ3v) is 6.35. The molecule has 1 N–H and O–H groups in total. The van der Waals surface area contributed by atoms with E-state index < -0.39 is 0 Å². The van der Waals surface area contributed by atoms with E-state index in [0.717, 1.165) is 31.4 Å². The standard InChI is InChI=1S/C18H31NO2/c1-21-12-11-18(9-5-2-6-10-18)13-19-17(20)16-14-7-3-4-8-15(14)16/h14-16H,2-13H2,1H3,(H,19,20). The van der Waals surface area contributed by atoms with Gasteiger partial charge in [-0.1, -0.05) is 32.1 Å². The molecule has 0 aromatic heterocycles. The van der Waals surface area contributed by atoms with E-state index in [2.05, 4.69) is 5.32 Å². The lowest BCUT2D eigenvalue weighted by molar-refractivity contribution is -0.123. The number of ether oxygens (including phenoxy) is 1. The minimum absolute atomic E-state index is 0.310. The summed E-state index contributed by atoms with van der Waals surface area (Å²) in [6.07, 6.45) is 12.8. The molecule has 21 heavy (non-hydrogen) atoms. The van der Waals surface area contributed by atoms with Gasteiger partial charge in [-0.15, -0.1) is 0 Å². The van der Waals surface area contributed by atoms with Gasteiger partial charge in [0.25, 0.3) is 0 Å². The monoisotopic (exact) mass is 293 g/mol. The van der Waals surface area contributed by atoms with Crippen molar-refractivity contribution < 1.29 is 9.53 Å². The quantitative estimate of drug-likeness (QED) is 0.813. The average Bonchev–Trinajstić information content (AvgIpc) is 3.26. The molecule has 2 atom stereocenters. The Balaban J connectivity index is 1.50. The maximum Gasteiger partial charge on any atom is 0.223 e. The highest BCUT2D eigenvalue weighted by atomic mass is 16.5. The molecule has 3 heteroatoms. The smallest absolute Gasteiger partial charge is 0.223 e. The van der Waals surface area contributed by atoms with Crippen molar-refractivity contribution in [3.8, 4) is 0 Å². The van der Waals surface area contributed by atoms with Crippen LogP contribution in [0.15, 0.2) is 0 Å². The zero-order valence-electron chi connectivity index (χ0n) is 13.5. The molecule has 0 aromatic carbocycles. The second-order valence-electron chi connectivity index (χ2n) is 7.66. The van der Waals surface area contributed by atoms with Crippen molar-refractivity contribution in [3.05, 3.63) is 0 Å². The molecule has 2 unspecified atom stereocenters. The van der Waals surface area contributed by atoms with Crippen LogP contribution in [0.5, 0.6) is 0 Å². The fourth-order valence-corrected chi connectivity index (χ4v) is 4.91. The summed E-state index contributed by atoms with van der Waals surface area (Å²) in [6, 6.07) is 0. The number of carbonyl (C=O) groups excluding carboxylic acids is 1. The van der Waals surface area contributed by atoms with Gasteiger partial charge in [0.1, 0.15) is 0 Å². The Morgan fingerprint density at radius 2 is 1.76 bits per heavy atom. The van der Waals surface area contributed by atoms with Crippen molar-refractivity contribution in [3.63, 3.8) is 0 Å². The van der Waals surface area contributed by atoms with Gasteiger partial charge in [-0.2, -0.15) is 0 Å². The van der Waals surface area contributed by atoms with Gasteiger partial charge in [0.15, 0.2) is 0 Å². The summed E-state index contributed by atoms with van der Waals surface area (Å²) >= 11 is 0. The molecule has 0 heterocycles. The van der Waals surface area contributed by atoms with Gasteiger partial charge < -0.3 is 10.1 Å². The van der Waals surface area contributed by atoms with Crippen LogP contribution < -0.4 is 5.32 Å². The Labute approximate surface area is 129 Å². The number of nitrogens with one attached hydrogen (secondary N) is 1. The normalized spacial score (nSPS) is 34.0. The maximum absolute atomic E-state index is 12.5. The molecular weight excluding hydrogens is 262 g/mol. The number of rotatable bonds is 6. The molecule has 0 aliphatic heterocycles. The fourth-order valence-electron chi connectivity index (χ4n) is 4.91. The minimum Gasteiger partial charge on any atom is -0.385 e. The lowest BCUT2D eigenvalue weighted by Gasteiger charge is -2.37. The highest BCUT2D eigenvalue weighted by Crippen LogP contribution is 2.55. The molecule has 0 saturated heterocycles. The van der Waals surface area contributed by atoms with E-state index >= 15 is 0 Å². The molecule has 3 nitrogen and oxygen atoms in total. The van der Waals surface area contributed by atoms with Crippen LogP contribution in [-0.4, -0.2) is 26.2 Å². The van der Waals surface area contributed by atoms with E-state index in [0.29, 0.717) is 17.2 Å². The third-order valence-electron chi connectivity index (χ3n) is 6.35. The first-order valence-corrected chi connectivity index (χ1v) is 9.02. The number of methoxy groups -OCH3 is 1. The summed E-state index contributed by atoms with van der Waals surface area (Å²) < 4.78 is 5.30. The van der Waals surface area contributed by atoms with Crippen molar-refractivity contribution in [2.75, 3.05) is 20.3 Å². The molecule has 120 valence electrons. The summed E-state index contributed by atoms with van der Waals surface area (Å²) in [5.41, 5.74) is 0.310. The van der Waals surface area contributed by atoms with E-state index in [4.69, 9.17) is 4.74 Å². The molecular formula is C18H31NO2. The number of fused-ring (bicyclic) bond motifs is 1. The molecule has 0 radical (unpaired) electrons. The van der Waals surface area contributed by atoms with Crippen molar-refractivity contribution in [2.45, 2.75) is 64.2 Å². The SMILES string of the molecule is COCCC1(CNC(=O)C2C3CCCCC32)CCCCC1. The van der Waals surface area contributed by atoms with Crippen LogP contribution in [0.4, 0.5) is 0 Å². The number of carbonyl (C=O) groups is 1. The Hall–Kier alpha value is -0.570. The van der Waals surface area contributed by atoms with Crippen LogP contribution in [0.25, 0.3) is 0 Å². The van der Waals surface area contributed by atoms with Gasteiger partial charge in [-0.25, -0.2) is 0 Å². The molecule has 1 amide bonds. The summed E-state index contributed by atoms with van der Waals surface area (Å²) in [5, 5.41) is 3.33. The van der Waals surface area contributed by atoms with Crippen LogP contribution in [0.3, 0.4) is 0 Å². The number of hydrogen-bond donors (Lipinski definition) is 1. The van der Waals surface area contributed by atoms with E-state index in [1.807, 2.05) is 0 Å². The Morgan fingerprint density at radius 3 is 2.38 bits per heavy atom. The van der Waals surface area contributed by atoms with E-state index in [1.165, 1.54) is 57.8 Å². The first-order chi connectivity index (χ1) is 10.3. The van der Waals surface area contributed by atoms with Crippen LogP contribution in [0, 0.1) is 23.2 Å². The van der Waals surface area contributed by atoms with Crippen molar-refractivity contribution in [2.24, 2.45) is 23.2 Å². The number of amides is 1. The van der Waals surface area contributed by atoms with Crippen LogP contribution >= 0.6 is 0 Å². The van der Waals surface area contributed by atoms with Crippen LogP contribution in [0.2, 0.25) is 0 Å². The largest absolute Gasteiger partial charge is 0.385 e. The van der Waals surface area contributed by atoms with Crippen LogP contribution in [-0.2, 0) is 9.53 Å². The van der Waals surface area contributed by atoms with Gasteiger partial charge in [0, 0.05) is 26.2 Å². The molecule has 3 saturated carbocycles. The van der Waals surface area contributed by atoms with Gasteiger partial charge in [0.05, 0.1) is 0 Å². The average molecular weight is 293 g/mol. The molecule has 0 bridgehead atoms. The molecule has 3 aliphatic rings. The molecule has 3 aliphatic carbocycles. The van der Waals surface area contributed by atoms with Crippen molar-refractivity contribution in [1.29, 1.82) is 0 Å². The fraction of sp³-hybridized carbons (Fsp3) is 0.944. The van der Waals surface area contributed by atoms with Gasteiger partial charge in [-0.05, 0) is 49.4 Å². The molecule has 0 spiro atoms. The Kier molecular flexibility index (Phi) is 4.88. The predicted molar refractivity (Wildman–Crippen MR) is 84.0 cm³/mol. The van der Waals surface area contributed by atoms with Crippen molar-refractivity contribution >= 4 is 5.91 Å². The second-order valence-corrected chi connectivity index (χ2v) is 7.66. The first-order valence-electron chi connectivity index (χ1n) is 9.02. The Bertz CT molecular complexity index is 350. The van der Waals surface area contributed by atoms with E-state index in [9.17, 15) is 4.79 Å². The predicted octanol–water partition coefficient (Wildman–Crippen LogP) is 3.53. The third kappa shape index (κ3) is 3.44. The van der Waals surface area contributed by atoms with Crippen molar-refractivity contribution in [1.82, 2.24) is 5.32 Å². The first kappa shape index (κ1) is 15.3. The van der Waals surface area contributed by atoms with E-state index in [1.54, 1.807) is 7.11 Å². The Morgan fingerprint density at radius 1 is 1.10 bits per heavy atom. The van der Waals surface area contributed by atoms with Gasteiger partial charge in [0.2, 0.25) is 5.91 Å². The minimum atomic E-state index is 0.310. The van der Waals surface area contributed by atoms with Gasteiger partial charge >= 0.3 is 0 Å². The van der Waals surface area contributed by atoms with Gasteiger partial charge in [-0.3, -0.25) is 4.79 Å². The lowest BCUT2D eigenvalue weighted by Crippen LogP contribution is -2.40. The zero-order chi connectivity index (χ0) is 14.7. The number of hydrogen-bond acceptors (Lipinski definition) is 2. The maximum atomic E-state index is 12.5. The second kappa shape index (κ2) is 6.68. The highest BCUT2D eigenvalue weighted by molar-refractivity contribution is 5.82. The highest BCUT2D eigenvalue weighted by Gasteiger charge is 2.54. The summed E-state index contributed by atoms with van der Waals surface area (Å²) in [7, 11) is 1.78. The zero-order valence-corrected chi connectivity index (χ0v) is 13.5. The molecule has 3 fully saturated rings. The summed E-state index contributed by atoms with van der Waals surface area (Å²) in [6.45, 7) is 1.70. The molecule has 3 rings (SSSR count). The van der Waals surface area contributed by atoms with E-state index in [-0.39, 0.29) is 0 Å². The summed E-state index contributed by atoms with van der Waals surface area (Å²) in [4.78, 5) is 12.5. The molecule has 0 aromatic rings. The topological polar surface area (TPSA) is 38.3 Å².